The summed E-state index contributed by atoms with van der Waals surface area (Å²) in [4.78, 5) is 0. The Kier molecular flexibility index (Phi) is 4.28. The minimum atomic E-state index is 0.316. The number of hydrogen-bond donors (Lipinski definition) is 0. The average molecular weight is 126 g/mol. The number of hydrogen-bond acceptors (Lipinski definition) is 1. The lowest BCUT2D eigenvalue weighted by Crippen LogP contribution is -2.06. The van der Waals surface area contributed by atoms with Crippen LogP contribution in [0.25, 0.3) is 0 Å². The molecule has 0 bridgehead atoms. The van der Waals surface area contributed by atoms with Gasteiger partial charge in [-0.05, 0) is 27.0 Å². The van der Waals surface area contributed by atoms with Gasteiger partial charge in [-0.2, -0.15) is 0 Å². The Morgan fingerprint density at radius 2 is 2.11 bits per heavy atom. The smallest absolute Gasteiger partial charge is 0.351 e. The minimum absolute atomic E-state index is 0.316. The van der Waals surface area contributed by atoms with Crippen LogP contribution in [-0.2, 0) is 4.65 Å². The van der Waals surface area contributed by atoms with Crippen LogP contribution in [0.5, 0.6) is 0 Å². The largest absolute Gasteiger partial charge is 0.564 e. The first-order chi connectivity index (χ1) is 4.20. The van der Waals surface area contributed by atoms with Crippen molar-refractivity contribution in [1.82, 2.24) is 0 Å². The monoisotopic (exact) mass is 126 g/mol. The molecule has 0 aliphatic heterocycles. The molecular formula is C7H15BO. The van der Waals surface area contributed by atoms with E-state index in [1.165, 1.54) is 0 Å². The van der Waals surface area contributed by atoms with Crippen LogP contribution in [-0.4, -0.2) is 6.92 Å². The quantitative estimate of drug-likeness (QED) is 0.417. The Morgan fingerprint density at radius 3 is 2.22 bits per heavy atom. The average Bonchev–Trinajstić information content (AvgIpc) is 1.82. The number of rotatable bonds is 3. The van der Waals surface area contributed by atoms with Crippen LogP contribution in [0.3, 0.4) is 0 Å². The first kappa shape index (κ1) is 8.60. The summed E-state index contributed by atoms with van der Waals surface area (Å²) in [7, 11) is 0. The van der Waals surface area contributed by atoms with Crippen molar-refractivity contribution < 1.29 is 4.65 Å². The first-order valence-corrected chi connectivity index (χ1v) is 3.52. The Balaban J connectivity index is 3.58. The molecule has 0 aliphatic rings. The third-order valence-corrected chi connectivity index (χ3v) is 1.06. The van der Waals surface area contributed by atoms with E-state index in [9.17, 15) is 0 Å². The van der Waals surface area contributed by atoms with Crippen molar-refractivity contribution in [2.45, 2.75) is 33.9 Å². The molecule has 0 N–H and O–H groups in total. The molecule has 0 rings (SSSR count). The summed E-state index contributed by atoms with van der Waals surface area (Å²) in [6.07, 6.45) is 3.01. The predicted octanol–water partition coefficient (Wildman–Crippen LogP) is 2.57. The highest BCUT2D eigenvalue weighted by Crippen LogP contribution is 2.03. The molecule has 0 atom stereocenters. The maximum Gasteiger partial charge on any atom is 0.351 e. The molecule has 0 heterocycles. The van der Waals surface area contributed by atoms with Crippen LogP contribution < -0.4 is 0 Å². The van der Waals surface area contributed by atoms with Gasteiger partial charge in [0.25, 0.3) is 0 Å². The van der Waals surface area contributed by atoms with E-state index in [1.807, 2.05) is 26.6 Å². The van der Waals surface area contributed by atoms with Gasteiger partial charge < -0.3 is 4.65 Å². The van der Waals surface area contributed by atoms with Crippen molar-refractivity contribution >= 4 is 6.92 Å². The SMILES string of the molecule is C/C=C(/CC)OB(C)C. The van der Waals surface area contributed by atoms with Gasteiger partial charge in [0.1, 0.15) is 0 Å². The van der Waals surface area contributed by atoms with Crippen molar-refractivity contribution in [2.75, 3.05) is 0 Å². The van der Waals surface area contributed by atoms with Gasteiger partial charge in [0.15, 0.2) is 0 Å². The maximum absolute atomic E-state index is 5.41. The lowest BCUT2D eigenvalue weighted by molar-refractivity contribution is 0.422. The van der Waals surface area contributed by atoms with Gasteiger partial charge in [-0.25, -0.2) is 0 Å². The second kappa shape index (κ2) is 4.48. The summed E-state index contributed by atoms with van der Waals surface area (Å²) in [5.41, 5.74) is 0. The summed E-state index contributed by atoms with van der Waals surface area (Å²) >= 11 is 0. The van der Waals surface area contributed by atoms with Gasteiger partial charge in [-0.15, -0.1) is 0 Å². The molecule has 1 nitrogen and oxygen atoms in total. The van der Waals surface area contributed by atoms with Gasteiger partial charge >= 0.3 is 6.92 Å². The summed E-state index contributed by atoms with van der Waals surface area (Å²) in [5, 5.41) is 0. The van der Waals surface area contributed by atoms with Gasteiger partial charge in [-0.1, -0.05) is 13.0 Å². The zero-order chi connectivity index (χ0) is 7.28. The minimum Gasteiger partial charge on any atom is -0.564 e. The highest BCUT2D eigenvalue weighted by atomic mass is 16.4. The Labute approximate surface area is 58.2 Å². The molecule has 0 radical (unpaired) electrons. The topological polar surface area (TPSA) is 9.23 Å². The second-order valence-electron chi connectivity index (χ2n) is 2.28. The van der Waals surface area contributed by atoms with E-state index in [-0.39, 0.29) is 0 Å². The summed E-state index contributed by atoms with van der Waals surface area (Å²) in [5.74, 6) is 1.09. The van der Waals surface area contributed by atoms with Crippen molar-refractivity contribution in [3.8, 4) is 0 Å². The van der Waals surface area contributed by atoms with E-state index < -0.39 is 0 Å². The van der Waals surface area contributed by atoms with E-state index in [2.05, 4.69) is 6.92 Å². The molecule has 0 amide bonds. The van der Waals surface area contributed by atoms with Crippen molar-refractivity contribution in [1.29, 1.82) is 0 Å². The van der Waals surface area contributed by atoms with E-state index in [4.69, 9.17) is 4.65 Å². The van der Waals surface area contributed by atoms with Crippen LogP contribution in [0, 0.1) is 0 Å². The molecule has 2 heteroatoms. The standard InChI is InChI=1S/C7H15BO/c1-5-7(6-2)9-8(3)4/h5H,6H2,1-4H3/b7-5-. The molecule has 0 spiro atoms. The predicted molar refractivity (Wildman–Crippen MR) is 42.6 cm³/mol. The van der Waals surface area contributed by atoms with E-state index in [0.717, 1.165) is 12.2 Å². The first-order valence-electron chi connectivity index (χ1n) is 3.52. The molecule has 0 aromatic rings. The lowest BCUT2D eigenvalue weighted by atomic mass is 9.75. The molecule has 0 saturated carbocycles. The van der Waals surface area contributed by atoms with Crippen LogP contribution in [0.4, 0.5) is 0 Å². The number of allylic oxidation sites excluding steroid dienone is 2. The van der Waals surface area contributed by atoms with Gasteiger partial charge in [0.2, 0.25) is 0 Å². The molecule has 0 saturated heterocycles. The zero-order valence-corrected chi connectivity index (χ0v) is 6.77. The maximum atomic E-state index is 5.41. The van der Waals surface area contributed by atoms with Crippen LogP contribution in [0.2, 0.25) is 13.6 Å². The van der Waals surface area contributed by atoms with Crippen LogP contribution in [0.1, 0.15) is 20.3 Å². The Morgan fingerprint density at radius 1 is 1.56 bits per heavy atom. The van der Waals surface area contributed by atoms with Crippen molar-refractivity contribution in [3.05, 3.63) is 11.8 Å². The molecule has 0 aromatic heterocycles. The molecular weight excluding hydrogens is 111 g/mol. The summed E-state index contributed by atoms with van der Waals surface area (Å²) in [6, 6.07) is 0. The summed E-state index contributed by atoms with van der Waals surface area (Å²) < 4.78 is 5.41. The molecule has 0 unspecified atom stereocenters. The van der Waals surface area contributed by atoms with E-state index in [1.54, 1.807) is 0 Å². The molecule has 0 aromatic carbocycles. The van der Waals surface area contributed by atoms with Crippen LogP contribution >= 0.6 is 0 Å². The van der Waals surface area contributed by atoms with Gasteiger partial charge in [-0.3, -0.25) is 0 Å². The van der Waals surface area contributed by atoms with Crippen LogP contribution in [0.15, 0.2) is 11.8 Å². The molecule has 9 heavy (non-hydrogen) atoms. The molecule has 0 fully saturated rings. The highest BCUT2D eigenvalue weighted by Gasteiger charge is 2.00. The fourth-order valence-corrected chi connectivity index (χ4v) is 0.658. The Hall–Kier alpha value is -0.395. The van der Waals surface area contributed by atoms with Crippen molar-refractivity contribution in [2.24, 2.45) is 0 Å². The van der Waals surface area contributed by atoms with Crippen molar-refractivity contribution in [3.63, 3.8) is 0 Å². The van der Waals surface area contributed by atoms with E-state index in [0.29, 0.717) is 6.92 Å². The molecule has 0 aliphatic carbocycles. The fourth-order valence-electron chi connectivity index (χ4n) is 0.658. The third-order valence-electron chi connectivity index (χ3n) is 1.06. The molecule has 52 valence electrons. The highest BCUT2D eigenvalue weighted by molar-refractivity contribution is 6.48. The lowest BCUT2D eigenvalue weighted by Gasteiger charge is -2.08. The van der Waals surface area contributed by atoms with Gasteiger partial charge in [0, 0.05) is 0 Å². The Bertz CT molecular complexity index is 97.1. The normalized spacial score (nSPS) is 11.3. The van der Waals surface area contributed by atoms with Gasteiger partial charge in [0.05, 0.1) is 5.76 Å². The van der Waals surface area contributed by atoms with E-state index >= 15 is 0 Å². The third kappa shape index (κ3) is 4.13. The zero-order valence-electron chi connectivity index (χ0n) is 6.77. The fraction of sp³-hybridized carbons (Fsp3) is 0.714. The summed E-state index contributed by atoms with van der Waals surface area (Å²) in [6.45, 7) is 8.49. The second-order valence-corrected chi connectivity index (χ2v) is 2.28.